The number of carbonyl (C=O) groups is 1. The number of amides is 1. The molecule has 8 heteroatoms. The van der Waals surface area contributed by atoms with Gasteiger partial charge in [0.15, 0.2) is 0 Å². The Hall–Kier alpha value is -2.24. The average Bonchev–Trinajstić information content (AvgIpc) is 2.92. The molecule has 0 unspecified atom stereocenters. The lowest BCUT2D eigenvalue weighted by Crippen LogP contribution is -2.32. The van der Waals surface area contributed by atoms with Crippen LogP contribution in [0.3, 0.4) is 0 Å². The lowest BCUT2D eigenvalue weighted by molar-refractivity contribution is 0.0977. The Labute approximate surface area is 119 Å². The van der Waals surface area contributed by atoms with E-state index in [0.717, 1.165) is 0 Å². The van der Waals surface area contributed by atoms with Crippen molar-refractivity contribution in [2.45, 2.75) is 5.75 Å². The molecule has 0 bridgehead atoms. The highest BCUT2D eigenvalue weighted by molar-refractivity contribution is 7.89. The highest BCUT2D eigenvalue weighted by Crippen LogP contribution is 2.11. The van der Waals surface area contributed by atoms with Crippen LogP contribution in [-0.2, 0) is 15.8 Å². The predicted octanol–water partition coefficient (Wildman–Crippen LogP) is 1.27. The van der Waals surface area contributed by atoms with Crippen LogP contribution >= 0.6 is 11.3 Å². The summed E-state index contributed by atoms with van der Waals surface area (Å²) in [6.45, 7) is 0. The topological polar surface area (TPSA) is 99.9 Å². The number of nitrogens with one attached hydrogen (secondary N) is 1. The number of benzene rings is 1. The molecule has 1 aromatic heterocycles. The Morgan fingerprint density at radius 2 is 2.15 bits per heavy atom. The Balaban J connectivity index is 2.16. The maximum absolute atomic E-state index is 11.9. The second-order valence-corrected chi connectivity index (χ2v) is 6.27. The summed E-state index contributed by atoms with van der Waals surface area (Å²) < 4.78 is 25.7. The molecule has 102 valence electrons. The average molecular weight is 307 g/mol. The number of nitrogens with zero attached hydrogens (tertiary/aromatic N) is 2. The first-order valence-electron chi connectivity index (χ1n) is 5.43. The Morgan fingerprint density at radius 1 is 1.40 bits per heavy atom. The third-order valence-electron chi connectivity index (χ3n) is 2.40. The molecule has 20 heavy (non-hydrogen) atoms. The number of hydrogen-bond donors (Lipinski definition) is 1. The van der Waals surface area contributed by atoms with E-state index in [2.05, 4.69) is 4.98 Å². The molecule has 0 aliphatic heterocycles. The number of carbonyl (C=O) groups excluding carboxylic acids is 1. The van der Waals surface area contributed by atoms with Gasteiger partial charge in [0.2, 0.25) is 10.0 Å². The van der Waals surface area contributed by atoms with Gasteiger partial charge in [0, 0.05) is 5.38 Å². The Morgan fingerprint density at radius 3 is 2.80 bits per heavy atom. The van der Waals surface area contributed by atoms with Crippen molar-refractivity contribution in [3.63, 3.8) is 0 Å². The fourth-order valence-corrected chi connectivity index (χ4v) is 3.17. The van der Waals surface area contributed by atoms with Crippen LogP contribution in [0, 0.1) is 11.3 Å². The summed E-state index contributed by atoms with van der Waals surface area (Å²) in [7, 11) is -3.88. The van der Waals surface area contributed by atoms with E-state index in [4.69, 9.17) is 5.26 Å². The Bertz CT molecular complexity index is 761. The van der Waals surface area contributed by atoms with Gasteiger partial charge in [-0.15, -0.1) is 11.3 Å². The zero-order chi connectivity index (χ0) is 14.6. The largest absolute Gasteiger partial charge is 0.284 e. The molecule has 2 rings (SSSR count). The number of hydrogen-bond acceptors (Lipinski definition) is 6. The molecule has 0 spiro atoms. The van der Waals surface area contributed by atoms with Gasteiger partial charge >= 0.3 is 0 Å². The summed E-state index contributed by atoms with van der Waals surface area (Å²) in [5, 5.41) is 10.4. The molecule has 1 aromatic carbocycles. The smallest absolute Gasteiger partial charge is 0.266 e. The van der Waals surface area contributed by atoms with Gasteiger partial charge in [0.05, 0.1) is 22.9 Å². The van der Waals surface area contributed by atoms with Gasteiger partial charge in [-0.2, -0.15) is 5.26 Å². The number of nitriles is 1. The molecule has 0 aliphatic rings. The minimum atomic E-state index is -3.88. The van der Waals surface area contributed by atoms with Crippen molar-refractivity contribution >= 4 is 27.3 Å². The molecule has 0 fully saturated rings. The molecule has 0 atom stereocenters. The number of rotatable bonds is 4. The fourth-order valence-electron chi connectivity index (χ4n) is 1.51. The highest BCUT2D eigenvalue weighted by atomic mass is 32.2. The van der Waals surface area contributed by atoms with Crippen LogP contribution in [0.2, 0.25) is 0 Å². The summed E-state index contributed by atoms with van der Waals surface area (Å²) in [4.78, 5) is 15.4. The lowest BCUT2D eigenvalue weighted by atomic mass is 10.1. The maximum Gasteiger partial charge on any atom is 0.284 e. The van der Waals surface area contributed by atoms with E-state index in [-0.39, 0.29) is 11.3 Å². The molecule has 1 amide bonds. The fraction of sp³-hybridized carbons (Fsp3) is 0.0833. The molecule has 0 saturated heterocycles. The van der Waals surface area contributed by atoms with Crippen LogP contribution in [0.1, 0.15) is 21.6 Å². The van der Waals surface area contributed by atoms with E-state index in [1.807, 2.05) is 10.8 Å². The molecule has 1 heterocycles. The third kappa shape index (κ3) is 3.40. The molecule has 0 saturated carbocycles. The quantitative estimate of drug-likeness (QED) is 0.917. The molecule has 6 nitrogen and oxygen atoms in total. The van der Waals surface area contributed by atoms with Gasteiger partial charge in [-0.05, 0) is 11.6 Å². The normalized spacial score (nSPS) is 10.8. The van der Waals surface area contributed by atoms with Crippen molar-refractivity contribution in [2.24, 2.45) is 0 Å². The van der Waals surface area contributed by atoms with Gasteiger partial charge < -0.3 is 0 Å². The molecule has 1 N–H and O–H groups in total. The van der Waals surface area contributed by atoms with Crippen molar-refractivity contribution in [1.29, 1.82) is 5.26 Å². The zero-order valence-corrected chi connectivity index (χ0v) is 11.7. The van der Waals surface area contributed by atoms with Crippen molar-refractivity contribution in [3.05, 3.63) is 52.0 Å². The van der Waals surface area contributed by atoms with E-state index >= 15 is 0 Å². The zero-order valence-electron chi connectivity index (χ0n) is 10.1. The van der Waals surface area contributed by atoms with E-state index in [9.17, 15) is 13.2 Å². The van der Waals surface area contributed by atoms with Crippen molar-refractivity contribution in [2.75, 3.05) is 0 Å². The van der Waals surface area contributed by atoms with E-state index < -0.39 is 21.7 Å². The van der Waals surface area contributed by atoms with E-state index in [1.54, 1.807) is 12.1 Å². The van der Waals surface area contributed by atoms with E-state index in [0.29, 0.717) is 5.56 Å². The van der Waals surface area contributed by atoms with Gasteiger partial charge in [-0.25, -0.2) is 18.1 Å². The Kier molecular flexibility index (Phi) is 4.12. The summed E-state index contributed by atoms with van der Waals surface area (Å²) >= 11 is 1.19. The van der Waals surface area contributed by atoms with Crippen LogP contribution in [0.15, 0.2) is 35.2 Å². The minimum absolute atomic E-state index is 0.0483. The molecular weight excluding hydrogens is 298 g/mol. The summed E-state index contributed by atoms with van der Waals surface area (Å²) in [5.41, 5.74) is 2.09. The van der Waals surface area contributed by atoms with Gasteiger partial charge in [-0.1, -0.05) is 18.2 Å². The first kappa shape index (κ1) is 14.2. The summed E-state index contributed by atoms with van der Waals surface area (Å²) in [5.74, 6) is -1.22. The SMILES string of the molecule is N#Cc1ccccc1CS(=O)(=O)NC(=O)c1cscn1. The van der Waals surface area contributed by atoms with Crippen molar-refractivity contribution in [3.8, 4) is 6.07 Å². The standard InChI is InChI=1S/C12H9N3O3S2/c13-5-9-3-1-2-4-10(9)7-20(17,18)15-12(16)11-6-19-8-14-11/h1-4,6,8H,7H2,(H,15,16). The maximum atomic E-state index is 11.9. The van der Waals surface area contributed by atoms with Crippen LogP contribution in [-0.4, -0.2) is 19.3 Å². The van der Waals surface area contributed by atoms with Crippen LogP contribution in [0.5, 0.6) is 0 Å². The molecule has 2 aromatic rings. The minimum Gasteiger partial charge on any atom is -0.266 e. The van der Waals surface area contributed by atoms with Crippen molar-refractivity contribution in [1.82, 2.24) is 9.71 Å². The first-order chi connectivity index (χ1) is 9.52. The molecule has 0 aliphatic carbocycles. The number of sulfonamides is 1. The lowest BCUT2D eigenvalue weighted by Gasteiger charge is -2.06. The van der Waals surface area contributed by atoms with Gasteiger partial charge in [0.1, 0.15) is 5.69 Å². The highest BCUT2D eigenvalue weighted by Gasteiger charge is 2.19. The number of aromatic nitrogens is 1. The third-order valence-corrected chi connectivity index (χ3v) is 4.17. The van der Waals surface area contributed by atoms with Gasteiger partial charge in [-0.3, -0.25) is 4.79 Å². The first-order valence-corrected chi connectivity index (χ1v) is 8.02. The summed E-state index contributed by atoms with van der Waals surface area (Å²) in [6.07, 6.45) is 0. The van der Waals surface area contributed by atoms with Crippen molar-refractivity contribution < 1.29 is 13.2 Å². The van der Waals surface area contributed by atoms with Crippen LogP contribution in [0.4, 0.5) is 0 Å². The van der Waals surface area contributed by atoms with E-state index in [1.165, 1.54) is 34.4 Å². The van der Waals surface area contributed by atoms with Crippen LogP contribution in [0.25, 0.3) is 0 Å². The monoisotopic (exact) mass is 307 g/mol. The van der Waals surface area contributed by atoms with Crippen LogP contribution < -0.4 is 4.72 Å². The summed E-state index contributed by atoms with van der Waals surface area (Å²) in [6, 6.07) is 8.24. The molecule has 0 radical (unpaired) electrons. The predicted molar refractivity (Wildman–Crippen MR) is 73.4 cm³/mol. The second kappa shape index (κ2) is 5.81. The second-order valence-electron chi connectivity index (χ2n) is 3.83. The number of thiazole rings is 1. The molecular formula is C12H9N3O3S2. The van der Waals surface area contributed by atoms with Gasteiger partial charge in [0.25, 0.3) is 5.91 Å².